The van der Waals surface area contributed by atoms with Crippen LogP contribution in [-0.2, 0) is 28.2 Å². The molecule has 0 saturated carbocycles. The second-order valence-corrected chi connectivity index (χ2v) is 8.23. The molecule has 1 saturated heterocycles. The Bertz CT molecular complexity index is 940. The molecule has 0 bridgehead atoms. The lowest BCUT2D eigenvalue weighted by Crippen LogP contribution is -2.42. The van der Waals surface area contributed by atoms with Crippen LogP contribution in [0.4, 0.5) is 18.9 Å². The molecule has 2 aliphatic rings. The lowest BCUT2D eigenvalue weighted by molar-refractivity contribution is -0.152. The van der Waals surface area contributed by atoms with E-state index in [4.69, 9.17) is 16.3 Å². The highest BCUT2D eigenvalue weighted by atomic mass is 35.5. The molecule has 4 nitrogen and oxygen atoms in total. The van der Waals surface area contributed by atoms with E-state index < -0.39 is 18.4 Å². The molecule has 1 aromatic carbocycles. The number of piperidine rings is 1. The Balaban J connectivity index is 1.42. The number of hydrogen-bond donors (Lipinski definition) is 0. The Hall–Kier alpha value is -2.12. The monoisotopic (exact) mass is 438 g/mol. The zero-order valence-electron chi connectivity index (χ0n) is 16.3. The highest BCUT2D eigenvalue weighted by molar-refractivity contribution is 6.33. The van der Waals surface area contributed by atoms with Crippen LogP contribution in [0.5, 0.6) is 0 Å². The highest BCUT2D eigenvalue weighted by Crippen LogP contribution is 2.45. The number of Topliss-reactive ketones (excluding diaryl/α,β-unsaturated/α-hetero) is 1. The molecular weight excluding hydrogens is 417 g/mol. The van der Waals surface area contributed by atoms with Gasteiger partial charge in [-0.2, -0.15) is 13.2 Å². The summed E-state index contributed by atoms with van der Waals surface area (Å²) in [5.74, 6) is -0.859. The van der Waals surface area contributed by atoms with Crippen LogP contribution in [-0.4, -0.2) is 30.0 Å². The number of rotatable bonds is 5. The fourth-order valence-corrected chi connectivity index (χ4v) is 4.70. The third-order valence-corrected chi connectivity index (χ3v) is 6.32. The van der Waals surface area contributed by atoms with Crippen molar-refractivity contribution in [2.24, 2.45) is 0 Å². The molecule has 30 heavy (non-hydrogen) atoms. The van der Waals surface area contributed by atoms with Gasteiger partial charge in [-0.3, -0.25) is 9.78 Å². The van der Waals surface area contributed by atoms with Gasteiger partial charge in [0.05, 0.1) is 28.6 Å². The number of halogens is 4. The van der Waals surface area contributed by atoms with Gasteiger partial charge in [0, 0.05) is 25.7 Å². The van der Waals surface area contributed by atoms with E-state index in [1.165, 1.54) is 11.1 Å². The van der Waals surface area contributed by atoms with Crippen LogP contribution in [0.1, 0.15) is 42.5 Å². The average molecular weight is 439 g/mol. The second-order valence-electron chi connectivity index (χ2n) is 7.85. The number of carbonyl (C=O) groups is 1. The topological polar surface area (TPSA) is 42.4 Å². The van der Waals surface area contributed by atoms with Gasteiger partial charge in [-0.25, -0.2) is 0 Å². The number of fused-ring (bicyclic) bond motifs is 2. The number of ether oxygens (including phenoxy) is 1. The first kappa shape index (κ1) is 21.1. The van der Waals surface area contributed by atoms with Gasteiger partial charge in [0.15, 0.2) is 0 Å². The lowest BCUT2D eigenvalue weighted by atomic mass is 9.83. The van der Waals surface area contributed by atoms with Crippen molar-refractivity contribution < 1.29 is 22.7 Å². The Labute approximate surface area is 178 Å². The number of alkyl halides is 3. The largest absolute Gasteiger partial charge is 0.395 e. The number of hydrogen-bond acceptors (Lipinski definition) is 4. The zero-order chi connectivity index (χ0) is 21.4. The number of ketones is 1. The molecule has 160 valence electrons. The van der Waals surface area contributed by atoms with Gasteiger partial charge in [0.1, 0.15) is 12.2 Å². The molecule has 3 heterocycles. The Kier molecular flexibility index (Phi) is 5.77. The van der Waals surface area contributed by atoms with E-state index >= 15 is 0 Å². The van der Waals surface area contributed by atoms with E-state index in [0.29, 0.717) is 17.3 Å². The second kappa shape index (κ2) is 8.19. The van der Waals surface area contributed by atoms with Crippen molar-refractivity contribution in [2.75, 3.05) is 18.0 Å². The van der Waals surface area contributed by atoms with Gasteiger partial charge in [-0.05, 0) is 36.5 Å². The number of anilines is 1. The minimum atomic E-state index is -4.49. The van der Waals surface area contributed by atoms with Crippen LogP contribution < -0.4 is 4.90 Å². The molecule has 4 rings (SSSR count). The van der Waals surface area contributed by atoms with Gasteiger partial charge in [-0.1, -0.05) is 35.9 Å². The van der Waals surface area contributed by atoms with Gasteiger partial charge in [0.25, 0.3) is 0 Å². The van der Waals surface area contributed by atoms with Crippen molar-refractivity contribution in [3.63, 3.8) is 0 Å². The predicted octanol–water partition coefficient (Wildman–Crippen LogP) is 5.22. The van der Waals surface area contributed by atoms with Crippen molar-refractivity contribution in [2.45, 2.75) is 50.5 Å². The van der Waals surface area contributed by atoms with Crippen LogP contribution in [0.3, 0.4) is 0 Å². The maximum absolute atomic E-state index is 12.4. The van der Waals surface area contributed by atoms with E-state index in [-0.39, 0.29) is 18.4 Å². The van der Waals surface area contributed by atoms with E-state index in [1.54, 1.807) is 6.20 Å². The summed E-state index contributed by atoms with van der Waals surface area (Å²) < 4.78 is 43.3. The number of nitrogens with zero attached hydrogens (tertiary/aromatic N) is 2. The molecule has 0 N–H and O–H groups in total. The molecule has 2 aromatic rings. The molecule has 0 amide bonds. The summed E-state index contributed by atoms with van der Waals surface area (Å²) in [6.45, 7) is 2.11. The number of aromatic nitrogens is 1. The maximum Gasteiger partial charge on any atom is 0.395 e. The minimum Gasteiger partial charge on any atom is -0.370 e. The van der Waals surface area contributed by atoms with Crippen molar-refractivity contribution in [1.82, 2.24) is 4.98 Å². The van der Waals surface area contributed by atoms with Crippen molar-refractivity contribution >= 4 is 23.1 Å². The standard InChI is InChI=1S/C22H22ClF3N2O2/c23-20-18(6-5-16(29)13-22(24,25)26)27-10-7-19(20)28-11-8-21(9-12-28)17-4-2-1-3-15(17)14-30-21/h1-4,7,10H,5-6,8-9,11-14H2. The zero-order valence-corrected chi connectivity index (χ0v) is 17.1. The Morgan fingerprint density at radius 2 is 1.93 bits per heavy atom. The summed E-state index contributed by atoms with van der Waals surface area (Å²) in [6, 6.07) is 10.1. The van der Waals surface area contributed by atoms with Crippen molar-refractivity contribution in [3.05, 3.63) is 58.4 Å². The molecule has 0 atom stereocenters. The van der Waals surface area contributed by atoms with Crippen molar-refractivity contribution in [1.29, 1.82) is 0 Å². The summed E-state index contributed by atoms with van der Waals surface area (Å²) >= 11 is 6.52. The summed E-state index contributed by atoms with van der Waals surface area (Å²) in [5.41, 5.74) is 3.48. The number of pyridine rings is 1. The maximum atomic E-state index is 12.4. The third kappa shape index (κ3) is 4.32. The minimum absolute atomic E-state index is 0.0931. The van der Waals surface area contributed by atoms with Crippen LogP contribution in [0.25, 0.3) is 0 Å². The predicted molar refractivity (Wildman–Crippen MR) is 108 cm³/mol. The molecule has 2 aliphatic heterocycles. The van der Waals surface area contributed by atoms with E-state index in [2.05, 4.69) is 22.0 Å². The quantitative estimate of drug-likeness (QED) is 0.642. The van der Waals surface area contributed by atoms with Gasteiger partial charge < -0.3 is 9.64 Å². The molecule has 8 heteroatoms. The van der Waals surface area contributed by atoms with Crippen LogP contribution in [0, 0.1) is 0 Å². The molecule has 0 unspecified atom stereocenters. The smallest absolute Gasteiger partial charge is 0.370 e. The van der Waals surface area contributed by atoms with E-state index in [9.17, 15) is 18.0 Å². The molecule has 1 fully saturated rings. The molecule has 1 spiro atoms. The first-order valence-electron chi connectivity index (χ1n) is 9.96. The van der Waals surface area contributed by atoms with Crippen molar-refractivity contribution in [3.8, 4) is 0 Å². The first-order chi connectivity index (χ1) is 14.3. The van der Waals surface area contributed by atoms with Crippen LogP contribution in [0.15, 0.2) is 36.5 Å². The lowest BCUT2D eigenvalue weighted by Gasteiger charge is -2.40. The fraction of sp³-hybridized carbons (Fsp3) is 0.455. The number of aryl methyl sites for hydroxylation is 1. The average Bonchev–Trinajstić information content (AvgIpc) is 3.05. The van der Waals surface area contributed by atoms with Gasteiger partial charge in [0.2, 0.25) is 0 Å². The number of carbonyl (C=O) groups excluding carboxylic acids is 1. The highest BCUT2D eigenvalue weighted by Gasteiger charge is 2.42. The van der Waals surface area contributed by atoms with Crippen LogP contribution >= 0.6 is 11.6 Å². The fourth-order valence-electron chi connectivity index (χ4n) is 4.37. The van der Waals surface area contributed by atoms with E-state index in [0.717, 1.165) is 31.6 Å². The Morgan fingerprint density at radius 1 is 1.20 bits per heavy atom. The third-order valence-electron chi connectivity index (χ3n) is 5.90. The molecule has 1 aromatic heterocycles. The summed E-state index contributed by atoms with van der Waals surface area (Å²) in [6.07, 6.45) is -2.80. The molecular formula is C22H22ClF3N2O2. The van der Waals surface area contributed by atoms with E-state index in [1.807, 2.05) is 18.2 Å². The molecule has 0 aliphatic carbocycles. The van der Waals surface area contributed by atoms with Crippen LogP contribution in [0.2, 0.25) is 5.02 Å². The summed E-state index contributed by atoms with van der Waals surface area (Å²) in [4.78, 5) is 17.9. The summed E-state index contributed by atoms with van der Waals surface area (Å²) in [5, 5.41) is 0.404. The normalized spacial score (nSPS) is 17.9. The molecule has 0 radical (unpaired) electrons. The van der Waals surface area contributed by atoms with Gasteiger partial charge >= 0.3 is 6.18 Å². The summed E-state index contributed by atoms with van der Waals surface area (Å²) in [7, 11) is 0. The van der Waals surface area contributed by atoms with Gasteiger partial charge in [-0.15, -0.1) is 0 Å². The SMILES string of the molecule is O=C(CCc1nccc(N2CCC3(CC2)OCc2ccccc23)c1Cl)CC(F)(F)F. The number of benzene rings is 1. The first-order valence-corrected chi connectivity index (χ1v) is 10.3. The Morgan fingerprint density at radius 3 is 2.67 bits per heavy atom.